The Kier molecular flexibility index (Phi) is 3.79. The van der Waals surface area contributed by atoms with Crippen molar-refractivity contribution in [2.75, 3.05) is 19.8 Å². The standard InChI is InChI=1S/C12H15N3O4/c16-5-12(6-17,7-18)14-11(19)8-1-2-10-9(3-8)4-13-15-10/h1-4,16-18H,5-7H2,(H,13,15)(H,14,19). The molecule has 1 amide bonds. The summed E-state index contributed by atoms with van der Waals surface area (Å²) in [6.45, 7) is -1.67. The van der Waals surface area contributed by atoms with Crippen molar-refractivity contribution in [1.29, 1.82) is 0 Å². The van der Waals surface area contributed by atoms with Crippen LogP contribution in [0.1, 0.15) is 10.4 Å². The van der Waals surface area contributed by atoms with Crippen LogP contribution in [-0.2, 0) is 0 Å². The van der Waals surface area contributed by atoms with Crippen LogP contribution in [0.4, 0.5) is 0 Å². The molecule has 0 spiro atoms. The van der Waals surface area contributed by atoms with Gasteiger partial charge in [0, 0.05) is 10.9 Å². The number of aliphatic hydroxyl groups excluding tert-OH is 3. The van der Waals surface area contributed by atoms with E-state index in [0.717, 1.165) is 10.9 Å². The Morgan fingerprint density at radius 2 is 1.95 bits per heavy atom. The number of fused-ring (bicyclic) bond motifs is 1. The number of benzene rings is 1. The molecule has 102 valence electrons. The van der Waals surface area contributed by atoms with Gasteiger partial charge >= 0.3 is 0 Å². The van der Waals surface area contributed by atoms with Gasteiger partial charge in [0.15, 0.2) is 0 Å². The number of hydrogen-bond acceptors (Lipinski definition) is 5. The lowest BCUT2D eigenvalue weighted by atomic mass is 10.0. The van der Waals surface area contributed by atoms with Crippen molar-refractivity contribution in [1.82, 2.24) is 15.5 Å². The number of carbonyl (C=O) groups excluding carboxylic acids is 1. The summed E-state index contributed by atoms with van der Waals surface area (Å²) in [4.78, 5) is 12.0. The Hall–Kier alpha value is -1.96. The van der Waals surface area contributed by atoms with Gasteiger partial charge in [-0.3, -0.25) is 9.89 Å². The lowest BCUT2D eigenvalue weighted by molar-refractivity contribution is 0.0375. The zero-order valence-corrected chi connectivity index (χ0v) is 10.1. The molecule has 0 aliphatic heterocycles. The minimum absolute atomic E-state index is 0.355. The van der Waals surface area contributed by atoms with Gasteiger partial charge in [-0.25, -0.2) is 0 Å². The Labute approximate surface area is 108 Å². The van der Waals surface area contributed by atoms with Gasteiger partial charge < -0.3 is 20.6 Å². The lowest BCUT2D eigenvalue weighted by Gasteiger charge is -2.28. The monoisotopic (exact) mass is 265 g/mol. The largest absolute Gasteiger partial charge is 0.394 e. The molecular formula is C12H15N3O4. The number of nitrogens with one attached hydrogen (secondary N) is 2. The van der Waals surface area contributed by atoms with Gasteiger partial charge in [0.2, 0.25) is 0 Å². The van der Waals surface area contributed by atoms with E-state index in [9.17, 15) is 4.79 Å². The maximum atomic E-state index is 12.0. The van der Waals surface area contributed by atoms with Crippen LogP contribution in [0.2, 0.25) is 0 Å². The molecule has 0 aliphatic carbocycles. The van der Waals surface area contributed by atoms with Crippen molar-refractivity contribution in [2.45, 2.75) is 5.54 Å². The van der Waals surface area contributed by atoms with Crippen molar-refractivity contribution < 1.29 is 20.1 Å². The minimum Gasteiger partial charge on any atom is -0.394 e. The van der Waals surface area contributed by atoms with E-state index in [1.54, 1.807) is 24.4 Å². The molecule has 7 heteroatoms. The topological polar surface area (TPSA) is 118 Å². The Morgan fingerprint density at radius 3 is 2.58 bits per heavy atom. The molecule has 2 aromatic rings. The van der Waals surface area contributed by atoms with E-state index in [4.69, 9.17) is 15.3 Å². The second kappa shape index (κ2) is 5.35. The smallest absolute Gasteiger partial charge is 0.251 e. The van der Waals surface area contributed by atoms with E-state index in [1.165, 1.54) is 0 Å². The number of nitrogens with zero attached hydrogens (tertiary/aromatic N) is 1. The third-order valence-electron chi connectivity index (χ3n) is 2.99. The number of carbonyl (C=O) groups is 1. The highest BCUT2D eigenvalue weighted by Gasteiger charge is 2.30. The fourth-order valence-corrected chi connectivity index (χ4v) is 1.67. The molecule has 0 bridgehead atoms. The van der Waals surface area contributed by atoms with Crippen LogP contribution in [-0.4, -0.2) is 56.8 Å². The number of aliphatic hydroxyl groups is 3. The first-order valence-electron chi connectivity index (χ1n) is 5.72. The summed E-state index contributed by atoms with van der Waals surface area (Å²) in [5.41, 5.74) is -0.273. The molecule has 19 heavy (non-hydrogen) atoms. The summed E-state index contributed by atoms with van der Waals surface area (Å²) in [6.07, 6.45) is 1.59. The van der Waals surface area contributed by atoms with E-state index in [0.29, 0.717) is 5.56 Å². The zero-order chi connectivity index (χ0) is 13.9. The first-order valence-corrected chi connectivity index (χ1v) is 5.72. The van der Waals surface area contributed by atoms with Crippen LogP contribution in [0.5, 0.6) is 0 Å². The van der Waals surface area contributed by atoms with E-state index in [2.05, 4.69) is 15.5 Å². The Bertz CT molecular complexity index is 569. The van der Waals surface area contributed by atoms with Crippen LogP contribution in [0.3, 0.4) is 0 Å². The van der Waals surface area contributed by atoms with Crippen LogP contribution >= 0.6 is 0 Å². The Morgan fingerprint density at radius 1 is 1.26 bits per heavy atom. The van der Waals surface area contributed by atoms with Gasteiger partial charge in [-0.05, 0) is 18.2 Å². The quantitative estimate of drug-likeness (QED) is 0.475. The fraction of sp³-hybridized carbons (Fsp3) is 0.333. The third-order valence-corrected chi connectivity index (χ3v) is 2.99. The van der Waals surface area contributed by atoms with E-state index < -0.39 is 31.3 Å². The highest BCUT2D eigenvalue weighted by Crippen LogP contribution is 2.14. The molecule has 0 saturated heterocycles. The van der Waals surface area contributed by atoms with Crippen molar-refractivity contribution in [3.05, 3.63) is 30.0 Å². The predicted octanol–water partition coefficient (Wildman–Crippen LogP) is -0.992. The van der Waals surface area contributed by atoms with Gasteiger partial charge in [0.1, 0.15) is 5.54 Å². The number of H-pyrrole nitrogens is 1. The summed E-state index contributed by atoms with van der Waals surface area (Å²) in [6, 6.07) is 4.92. The average molecular weight is 265 g/mol. The van der Waals surface area contributed by atoms with Crippen LogP contribution in [0, 0.1) is 0 Å². The summed E-state index contributed by atoms with van der Waals surface area (Å²) < 4.78 is 0. The number of aromatic amines is 1. The van der Waals surface area contributed by atoms with Gasteiger partial charge in [-0.1, -0.05) is 0 Å². The molecule has 1 aromatic carbocycles. The van der Waals surface area contributed by atoms with Gasteiger partial charge in [-0.15, -0.1) is 0 Å². The van der Waals surface area contributed by atoms with Crippen molar-refractivity contribution in [2.24, 2.45) is 0 Å². The lowest BCUT2D eigenvalue weighted by Crippen LogP contribution is -2.57. The van der Waals surface area contributed by atoms with Crippen LogP contribution in [0.15, 0.2) is 24.4 Å². The minimum atomic E-state index is -1.43. The SMILES string of the molecule is O=C(NC(CO)(CO)CO)c1ccc2[nH]ncc2c1. The number of amides is 1. The molecule has 1 aromatic heterocycles. The third kappa shape index (κ3) is 2.58. The maximum absolute atomic E-state index is 12.0. The van der Waals surface area contributed by atoms with Crippen LogP contribution < -0.4 is 5.32 Å². The summed E-state index contributed by atoms with van der Waals surface area (Å²) in [5, 5.41) is 37.3. The molecule has 0 unspecified atom stereocenters. The highest BCUT2D eigenvalue weighted by molar-refractivity contribution is 5.98. The molecule has 0 radical (unpaired) electrons. The molecule has 0 aliphatic rings. The summed E-state index contributed by atoms with van der Waals surface area (Å²) >= 11 is 0. The van der Waals surface area contributed by atoms with E-state index in [-0.39, 0.29) is 0 Å². The Balaban J connectivity index is 2.23. The zero-order valence-electron chi connectivity index (χ0n) is 10.1. The molecule has 7 nitrogen and oxygen atoms in total. The normalized spacial score (nSPS) is 11.7. The highest BCUT2D eigenvalue weighted by atomic mass is 16.3. The van der Waals surface area contributed by atoms with Gasteiger partial charge in [0.05, 0.1) is 31.5 Å². The van der Waals surface area contributed by atoms with Crippen molar-refractivity contribution >= 4 is 16.8 Å². The first kappa shape index (κ1) is 13.5. The molecule has 1 heterocycles. The van der Waals surface area contributed by atoms with Gasteiger partial charge in [-0.2, -0.15) is 5.10 Å². The first-order chi connectivity index (χ1) is 9.14. The summed E-state index contributed by atoms with van der Waals surface area (Å²) in [7, 11) is 0. The number of rotatable bonds is 5. The molecular weight excluding hydrogens is 250 g/mol. The average Bonchev–Trinajstić information content (AvgIpc) is 2.92. The van der Waals surface area contributed by atoms with Crippen molar-refractivity contribution in [3.63, 3.8) is 0 Å². The van der Waals surface area contributed by atoms with E-state index >= 15 is 0 Å². The number of aromatic nitrogens is 2. The molecule has 0 fully saturated rings. The van der Waals surface area contributed by atoms with Crippen molar-refractivity contribution in [3.8, 4) is 0 Å². The molecule has 0 saturated carbocycles. The maximum Gasteiger partial charge on any atom is 0.251 e. The van der Waals surface area contributed by atoms with Crippen LogP contribution in [0.25, 0.3) is 10.9 Å². The predicted molar refractivity (Wildman–Crippen MR) is 67.5 cm³/mol. The molecule has 0 atom stereocenters. The van der Waals surface area contributed by atoms with Gasteiger partial charge in [0.25, 0.3) is 5.91 Å². The second-order valence-corrected chi connectivity index (χ2v) is 4.38. The second-order valence-electron chi connectivity index (χ2n) is 4.38. The van der Waals surface area contributed by atoms with E-state index in [1.807, 2.05) is 0 Å². The molecule has 5 N–H and O–H groups in total. The summed E-state index contributed by atoms with van der Waals surface area (Å²) in [5.74, 6) is -0.486. The number of hydrogen-bond donors (Lipinski definition) is 5. The fourth-order valence-electron chi connectivity index (χ4n) is 1.67. The molecule has 2 rings (SSSR count).